The molecule has 0 aliphatic heterocycles. The minimum absolute atomic E-state index is 0.759. The van der Waals surface area contributed by atoms with E-state index in [1.165, 1.54) is 24.8 Å². The second-order valence-electron chi connectivity index (χ2n) is 2.58. The molecule has 2 nitrogen and oxygen atoms in total. The molecule has 10 heavy (non-hydrogen) atoms. The second kappa shape index (κ2) is 4.09. The van der Waals surface area contributed by atoms with Gasteiger partial charge in [-0.05, 0) is 25.7 Å². The number of carbonyl (C=O) groups excluding carboxylic acids is 1. The zero-order valence-corrected chi connectivity index (χ0v) is 6.10. The summed E-state index contributed by atoms with van der Waals surface area (Å²) in [6, 6.07) is 0. The summed E-state index contributed by atoms with van der Waals surface area (Å²) in [5.41, 5.74) is 1.51. The smallest absolute Gasteiger partial charge is 0.207 e. The molecule has 0 spiro atoms. The highest BCUT2D eigenvalue weighted by Gasteiger charge is 2.02. The minimum Gasteiger partial charge on any atom is -0.358 e. The summed E-state index contributed by atoms with van der Waals surface area (Å²) in [5.74, 6) is 0. The standard InChI is InChI=1S/C8H13NO/c10-7-9-6-5-8-3-1-2-4-8/h3,7H,1-2,4-6H2,(H,9,10). The van der Waals surface area contributed by atoms with Crippen molar-refractivity contribution in [1.82, 2.24) is 5.32 Å². The number of amides is 1. The van der Waals surface area contributed by atoms with Gasteiger partial charge in [-0.15, -0.1) is 0 Å². The van der Waals surface area contributed by atoms with Crippen LogP contribution in [0.15, 0.2) is 11.6 Å². The average Bonchev–Trinajstić information content (AvgIpc) is 2.41. The lowest BCUT2D eigenvalue weighted by Gasteiger charge is -1.98. The van der Waals surface area contributed by atoms with Crippen LogP contribution in [0.2, 0.25) is 0 Å². The van der Waals surface area contributed by atoms with Crippen LogP contribution in [0.3, 0.4) is 0 Å². The van der Waals surface area contributed by atoms with Crippen molar-refractivity contribution in [2.75, 3.05) is 6.54 Å². The van der Waals surface area contributed by atoms with E-state index in [0.717, 1.165) is 19.4 Å². The maximum atomic E-state index is 9.85. The van der Waals surface area contributed by atoms with Crippen LogP contribution in [0.5, 0.6) is 0 Å². The fourth-order valence-electron chi connectivity index (χ4n) is 1.26. The molecule has 2 heteroatoms. The lowest BCUT2D eigenvalue weighted by Crippen LogP contribution is -2.12. The van der Waals surface area contributed by atoms with E-state index in [4.69, 9.17) is 0 Å². The molecule has 0 saturated heterocycles. The van der Waals surface area contributed by atoms with Crippen LogP contribution in [0, 0.1) is 0 Å². The maximum Gasteiger partial charge on any atom is 0.207 e. The number of allylic oxidation sites excluding steroid dienone is 1. The molecular weight excluding hydrogens is 126 g/mol. The third kappa shape index (κ3) is 2.21. The van der Waals surface area contributed by atoms with Crippen LogP contribution in [-0.2, 0) is 4.79 Å². The molecule has 1 rings (SSSR count). The molecule has 0 aromatic rings. The lowest BCUT2D eigenvalue weighted by molar-refractivity contribution is -0.109. The van der Waals surface area contributed by atoms with Gasteiger partial charge in [-0.25, -0.2) is 0 Å². The van der Waals surface area contributed by atoms with E-state index < -0.39 is 0 Å². The highest BCUT2D eigenvalue weighted by Crippen LogP contribution is 2.19. The van der Waals surface area contributed by atoms with Crippen molar-refractivity contribution in [3.63, 3.8) is 0 Å². The monoisotopic (exact) mass is 139 g/mol. The summed E-state index contributed by atoms with van der Waals surface area (Å²) in [5, 5.41) is 2.65. The Morgan fingerprint density at radius 1 is 1.70 bits per heavy atom. The van der Waals surface area contributed by atoms with Crippen LogP contribution in [-0.4, -0.2) is 13.0 Å². The van der Waals surface area contributed by atoms with E-state index in [2.05, 4.69) is 11.4 Å². The number of carbonyl (C=O) groups is 1. The van der Waals surface area contributed by atoms with Crippen LogP contribution in [0.25, 0.3) is 0 Å². The van der Waals surface area contributed by atoms with E-state index in [-0.39, 0.29) is 0 Å². The largest absolute Gasteiger partial charge is 0.358 e. The van der Waals surface area contributed by atoms with Crippen molar-refractivity contribution in [2.45, 2.75) is 25.7 Å². The van der Waals surface area contributed by atoms with Gasteiger partial charge < -0.3 is 5.32 Å². The van der Waals surface area contributed by atoms with Crippen LogP contribution in [0.4, 0.5) is 0 Å². The first kappa shape index (κ1) is 7.32. The van der Waals surface area contributed by atoms with Gasteiger partial charge in [0, 0.05) is 6.54 Å². The fourth-order valence-corrected chi connectivity index (χ4v) is 1.26. The number of hydrogen-bond acceptors (Lipinski definition) is 1. The van der Waals surface area contributed by atoms with E-state index >= 15 is 0 Å². The number of hydrogen-bond donors (Lipinski definition) is 1. The summed E-state index contributed by atoms with van der Waals surface area (Å²) >= 11 is 0. The van der Waals surface area contributed by atoms with E-state index in [1.54, 1.807) is 0 Å². The average molecular weight is 139 g/mol. The van der Waals surface area contributed by atoms with Gasteiger partial charge in [0.15, 0.2) is 0 Å². The normalized spacial score (nSPS) is 16.6. The molecule has 0 aromatic carbocycles. The molecule has 1 N–H and O–H groups in total. The molecule has 1 amide bonds. The van der Waals surface area contributed by atoms with Crippen molar-refractivity contribution < 1.29 is 4.79 Å². The van der Waals surface area contributed by atoms with Gasteiger partial charge in [0.2, 0.25) is 6.41 Å². The quantitative estimate of drug-likeness (QED) is 0.354. The Morgan fingerprint density at radius 2 is 2.60 bits per heavy atom. The van der Waals surface area contributed by atoms with Crippen molar-refractivity contribution in [2.24, 2.45) is 0 Å². The van der Waals surface area contributed by atoms with E-state index in [1.807, 2.05) is 0 Å². The molecule has 0 heterocycles. The van der Waals surface area contributed by atoms with Gasteiger partial charge >= 0.3 is 0 Å². The first-order chi connectivity index (χ1) is 4.93. The van der Waals surface area contributed by atoms with Crippen LogP contribution < -0.4 is 5.32 Å². The van der Waals surface area contributed by atoms with Crippen LogP contribution >= 0.6 is 0 Å². The molecule has 0 aromatic heterocycles. The maximum absolute atomic E-state index is 9.85. The summed E-state index contributed by atoms with van der Waals surface area (Å²) in [4.78, 5) is 9.85. The SMILES string of the molecule is O=CNCCC1=CCCC1. The van der Waals surface area contributed by atoms with Crippen LogP contribution in [0.1, 0.15) is 25.7 Å². The summed E-state index contributed by atoms with van der Waals surface area (Å²) < 4.78 is 0. The zero-order chi connectivity index (χ0) is 7.23. The molecule has 56 valence electrons. The van der Waals surface area contributed by atoms with E-state index in [9.17, 15) is 4.79 Å². The Balaban J connectivity index is 2.06. The summed E-state index contributed by atoms with van der Waals surface area (Å²) in [6.07, 6.45) is 7.86. The molecule has 0 fully saturated rings. The number of nitrogens with one attached hydrogen (secondary N) is 1. The van der Waals surface area contributed by atoms with Crippen molar-refractivity contribution >= 4 is 6.41 Å². The van der Waals surface area contributed by atoms with Gasteiger partial charge in [-0.3, -0.25) is 4.79 Å². The first-order valence-corrected chi connectivity index (χ1v) is 3.78. The molecule has 0 unspecified atom stereocenters. The Bertz CT molecular complexity index is 140. The highest BCUT2D eigenvalue weighted by molar-refractivity contribution is 5.45. The van der Waals surface area contributed by atoms with Gasteiger partial charge in [0.1, 0.15) is 0 Å². The fraction of sp³-hybridized carbons (Fsp3) is 0.625. The zero-order valence-electron chi connectivity index (χ0n) is 6.10. The van der Waals surface area contributed by atoms with E-state index in [0.29, 0.717) is 0 Å². The molecule has 0 radical (unpaired) electrons. The molecule has 1 aliphatic carbocycles. The second-order valence-corrected chi connectivity index (χ2v) is 2.58. The third-order valence-electron chi connectivity index (χ3n) is 1.81. The molecule has 0 saturated carbocycles. The third-order valence-corrected chi connectivity index (χ3v) is 1.81. The Kier molecular flexibility index (Phi) is 3.00. The molecular formula is C8H13NO. The van der Waals surface area contributed by atoms with Gasteiger partial charge in [0.25, 0.3) is 0 Å². The predicted octanol–water partition coefficient (Wildman–Crippen LogP) is 1.23. The van der Waals surface area contributed by atoms with Gasteiger partial charge in [0.05, 0.1) is 0 Å². The lowest BCUT2D eigenvalue weighted by atomic mass is 10.2. The molecule has 0 bridgehead atoms. The summed E-state index contributed by atoms with van der Waals surface area (Å²) in [6.45, 7) is 0.801. The number of rotatable bonds is 4. The molecule has 1 aliphatic rings. The highest BCUT2D eigenvalue weighted by atomic mass is 16.1. The van der Waals surface area contributed by atoms with Gasteiger partial charge in [-0.1, -0.05) is 11.6 Å². The minimum atomic E-state index is 0.759. The summed E-state index contributed by atoms with van der Waals surface area (Å²) in [7, 11) is 0. The van der Waals surface area contributed by atoms with Crippen molar-refractivity contribution in [1.29, 1.82) is 0 Å². The predicted molar refractivity (Wildman–Crippen MR) is 40.6 cm³/mol. The van der Waals surface area contributed by atoms with Crippen molar-refractivity contribution in [3.05, 3.63) is 11.6 Å². The molecule has 0 atom stereocenters. The Hall–Kier alpha value is -0.790. The van der Waals surface area contributed by atoms with Crippen molar-refractivity contribution in [3.8, 4) is 0 Å². The topological polar surface area (TPSA) is 29.1 Å². The Labute approximate surface area is 61.3 Å². The Morgan fingerprint density at radius 3 is 3.20 bits per heavy atom. The van der Waals surface area contributed by atoms with Gasteiger partial charge in [-0.2, -0.15) is 0 Å². The first-order valence-electron chi connectivity index (χ1n) is 3.78.